The maximum atomic E-state index is 12.7. The number of nitrogens with one attached hydrogen (secondary N) is 1. The molecule has 0 aliphatic carbocycles. The number of sulfonamides is 1. The van der Waals surface area contributed by atoms with Crippen LogP contribution < -0.4 is 5.32 Å². The first-order valence-electron chi connectivity index (χ1n) is 8.65. The van der Waals surface area contributed by atoms with Crippen LogP contribution in [-0.2, 0) is 27.5 Å². The second-order valence-corrected chi connectivity index (χ2v) is 8.36. The highest BCUT2D eigenvalue weighted by Crippen LogP contribution is 2.30. The molecule has 1 aliphatic rings. The number of carbonyl (C=O) groups is 1. The molecule has 0 bridgehead atoms. The van der Waals surface area contributed by atoms with Crippen LogP contribution in [0.15, 0.2) is 41.8 Å². The minimum absolute atomic E-state index is 0.00102. The Balaban J connectivity index is 1.66. The van der Waals surface area contributed by atoms with Crippen molar-refractivity contribution in [3.8, 4) is 0 Å². The number of halogens is 3. The van der Waals surface area contributed by atoms with Crippen LogP contribution in [0, 0.1) is 0 Å². The Bertz CT molecular complexity index is 951. The van der Waals surface area contributed by atoms with E-state index in [1.165, 1.54) is 33.5 Å². The van der Waals surface area contributed by atoms with Crippen LogP contribution in [0.25, 0.3) is 0 Å². The predicted molar refractivity (Wildman–Crippen MR) is 94.9 cm³/mol. The third kappa shape index (κ3) is 4.71. The normalized spacial score (nSPS) is 16.1. The summed E-state index contributed by atoms with van der Waals surface area (Å²) in [5.41, 5.74) is -0.871. The zero-order chi connectivity index (χ0) is 20.4. The standard InChI is InChI=1S/C17H19F3N4O3S/c18-17(19,20)13-5-4-6-14(9-13)22-15(25)10-23-11-16(21-12-23)28(26,27)24-7-2-1-3-8-24/h4-6,9,11-12H,1-3,7-8,10H2,(H,22,25). The Morgan fingerprint density at radius 3 is 2.57 bits per heavy atom. The van der Waals surface area contributed by atoms with E-state index >= 15 is 0 Å². The van der Waals surface area contributed by atoms with Crippen LogP contribution in [0.3, 0.4) is 0 Å². The quantitative estimate of drug-likeness (QED) is 0.812. The van der Waals surface area contributed by atoms with E-state index in [-0.39, 0.29) is 17.3 Å². The summed E-state index contributed by atoms with van der Waals surface area (Å²) in [5, 5.41) is 2.22. The zero-order valence-electron chi connectivity index (χ0n) is 14.8. The Morgan fingerprint density at radius 1 is 1.18 bits per heavy atom. The number of benzene rings is 1. The monoisotopic (exact) mass is 416 g/mol. The fourth-order valence-electron chi connectivity index (χ4n) is 2.94. The van der Waals surface area contributed by atoms with E-state index in [2.05, 4.69) is 10.3 Å². The van der Waals surface area contributed by atoms with Crippen molar-refractivity contribution in [3.05, 3.63) is 42.4 Å². The number of carbonyl (C=O) groups excluding carboxylic acids is 1. The molecule has 1 amide bonds. The van der Waals surface area contributed by atoms with Gasteiger partial charge < -0.3 is 9.88 Å². The Labute approximate surface area is 160 Å². The number of alkyl halides is 3. The Kier molecular flexibility index (Phi) is 5.75. The minimum atomic E-state index is -4.51. The third-order valence-electron chi connectivity index (χ3n) is 4.33. The Morgan fingerprint density at radius 2 is 1.89 bits per heavy atom. The van der Waals surface area contributed by atoms with Gasteiger partial charge in [0.1, 0.15) is 6.54 Å². The van der Waals surface area contributed by atoms with Crippen molar-refractivity contribution in [1.82, 2.24) is 13.9 Å². The SMILES string of the molecule is O=C(Cn1cnc(S(=O)(=O)N2CCCCC2)c1)Nc1cccc(C(F)(F)F)c1. The van der Waals surface area contributed by atoms with Crippen LogP contribution in [0.2, 0.25) is 0 Å². The van der Waals surface area contributed by atoms with Gasteiger partial charge in [0.05, 0.1) is 11.9 Å². The highest BCUT2D eigenvalue weighted by molar-refractivity contribution is 7.89. The highest BCUT2D eigenvalue weighted by Gasteiger charge is 2.30. The van der Waals surface area contributed by atoms with Crippen molar-refractivity contribution in [2.24, 2.45) is 0 Å². The third-order valence-corrected chi connectivity index (χ3v) is 6.11. The van der Waals surface area contributed by atoms with Gasteiger partial charge >= 0.3 is 6.18 Å². The predicted octanol–water partition coefficient (Wildman–Crippen LogP) is 2.72. The lowest BCUT2D eigenvalue weighted by Gasteiger charge is -2.24. The van der Waals surface area contributed by atoms with Crippen molar-refractivity contribution in [3.63, 3.8) is 0 Å². The van der Waals surface area contributed by atoms with Crippen LogP contribution in [0.1, 0.15) is 24.8 Å². The molecule has 152 valence electrons. The molecule has 3 rings (SSSR count). The molecule has 1 aromatic carbocycles. The molecule has 7 nitrogen and oxygen atoms in total. The van der Waals surface area contributed by atoms with Crippen LogP contribution in [0.5, 0.6) is 0 Å². The summed E-state index contributed by atoms with van der Waals surface area (Å²) in [6.07, 6.45) is 0.510. The summed E-state index contributed by atoms with van der Waals surface area (Å²) in [5.74, 6) is -0.598. The number of piperidine rings is 1. The van der Waals surface area contributed by atoms with E-state index in [1.54, 1.807) is 0 Å². The molecule has 0 radical (unpaired) electrons. The fraction of sp³-hybridized carbons (Fsp3) is 0.412. The van der Waals surface area contributed by atoms with Gasteiger partial charge in [0, 0.05) is 25.0 Å². The number of aromatic nitrogens is 2. The van der Waals surface area contributed by atoms with Crippen molar-refractivity contribution >= 4 is 21.6 Å². The van der Waals surface area contributed by atoms with Crippen molar-refractivity contribution < 1.29 is 26.4 Å². The number of imidazole rings is 1. The lowest BCUT2D eigenvalue weighted by Crippen LogP contribution is -2.35. The van der Waals surface area contributed by atoms with Gasteiger partial charge in [-0.25, -0.2) is 13.4 Å². The number of hydrogen-bond donors (Lipinski definition) is 1. The first kappa shape index (κ1) is 20.3. The fourth-order valence-corrected chi connectivity index (χ4v) is 4.39. The van der Waals surface area contributed by atoms with Gasteiger partial charge in [-0.1, -0.05) is 12.5 Å². The first-order chi connectivity index (χ1) is 13.2. The van der Waals surface area contributed by atoms with E-state index in [1.807, 2.05) is 0 Å². The minimum Gasteiger partial charge on any atom is -0.327 e. The molecule has 11 heteroatoms. The molecule has 2 aromatic rings. The lowest BCUT2D eigenvalue weighted by molar-refractivity contribution is -0.137. The number of rotatable bonds is 5. The summed E-state index contributed by atoms with van der Waals surface area (Å²) < 4.78 is 66.0. The summed E-state index contributed by atoms with van der Waals surface area (Å²) in [7, 11) is -3.71. The molecule has 28 heavy (non-hydrogen) atoms. The van der Waals surface area contributed by atoms with Gasteiger partial charge in [0.25, 0.3) is 10.0 Å². The van der Waals surface area contributed by atoms with E-state index in [0.29, 0.717) is 13.1 Å². The van der Waals surface area contributed by atoms with Gasteiger partial charge in [-0.3, -0.25) is 4.79 Å². The number of anilines is 1. The van der Waals surface area contributed by atoms with Gasteiger partial charge in [0.2, 0.25) is 5.91 Å². The van der Waals surface area contributed by atoms with E-state index in [9.17, 15) is 26.4 Å². The average Bonchev–Trinajstić information content (AvgIpc) is 3.11. The number of hydrogen-bond acceptors (Lipinski definition) is 4. The summed E-state index contributed by atoms with van der Waals surface area (Å²) in [6, 6.07) is 4.27. The molecule has 1 fully saturated rings. The molecule has 0 saturated carbocycles. The number of nitrogens with zero attached hydrogens (tertiary/aromatic N) is 3. The van der Waals surface area contributed by atoms with Crippen LogP contribution in [-0.4, -0.2) is 41.3 Å². The molecule has 1 N–H and O–H groups in total. The molecule has 1 saturated heterocycles. The second-order valence-electron chi connectivity index (χ2n) is 6.48. The smallest absolute Gasteiger partial charge is 0.327 e. The van der Waals surface area contributed by atoms with Crippen LogP contribution in [0.4, 0.5) is 18.9 Å². The molecule has 0 unspecified atom stereocenters. The largest absolute Gasteiger partial charge is 0.416 e. The van der Waals surface area contributed by atoms with Gasteiger partial charge in [-0.2, -0.15) is 17.5 Å². The van der Waals surface area contributed by atoms with Crippen molar-refractivity contribution in [2.75, 3.05) is 18.4 Å². The van der Waals surface area contributed by atoms with E-state index in [0.717, 1.165) is 31.4 Å². The van der Waals surface area contributed by atoms with Gasteiger partial charge in [0.15, 0.2) is 5.03 Å². The van der Waals surface area contributed by atoms with Gasteiger partial charge in [-0.15, -0.1) is 0 Å². The molecular weight excluding hydrogens is 397 g/mol. The highest BCUT2D eigenvalue weighted by atomic mass is 32.2. The van der Waals surface area contributed by atoms with E-state index in [4.69, 9.17) is 0 Å². The van der Waals surface area contributed by atoms with Crippen molar-refractivity contribution in [2.45, 2.75) is 37.0 Å². The van der Waals surface area contributed by atoms with E-state index < -0.39 is 27.7 Å². The average molecular weight is 416 g/mol. The van der Waals surface area contributed by atoms with Crippen LogP contribution >= 0.6 is 0 Å². The molecule has 1 aromatic heterocycles. The molecule has 2 heterocycles. The zero-order valence-corrected chi connectivity index (χ0v) is 15.6. The first-order valence-corrected chi connectivity index (χ1v) is 10.1. The lowest BCUT2D eigenvalue weighted by atomic mass is 10.2. The maximum absolute atomic E-state index is 12.7. The van der Waals surface area contributed by atoms with Gasteiger partial charge in [-0.05, 0) is 31.0 Å². The molecule has 1 aliphatic heterocycles. The number of amides is 1. The summed E-state index contributed by atoms with van der Waals surface area (Å²) >= 11 is 0. The van der Waals surface area contributed by atoms with Crippen molar-refractivity contribution in [1.29, 1.82) is 0 Å². The second kappa shape index (κ2) is 7.92. The maximum Gasteiger partial charge on any atom is 0.416 e. The topological polar surface area (TPSA) is 84.3 Å². The molecule has 0 spiro atoms. The molecule has 0 atom stereocenters. The Hall–Kier alpha value is -2.40. The summed E-state index contributed by atoms with van der Waals surface area (Å²) in [4.78, 5) is 16.0. The summed E-state index contributed by atoms with van der Waals surface area (Å²) in [6.45, 7) is 0.592. The molecular formula is C17H19F3N4O3S.